The number of aryl methyl sites for hydroxylation is 1. The van der Waals surface area contributed by atoms with E-state index in [0.29, 0.717) is 18.2 Å². The summed E-state index contributed by atoms with van der Waals surface area (Å²) < 4.78 is 27.3. The molecule has 1 aliphatic heterocycles. The highest BCUT2D eigenvalue weighted by Gasteiger charge is 2.71. The summed E-state index contributed by atoms with van der Waals surface area (Å²) in [5.74, 6) is 1.02. The molecule has 2 heterocycles. The lowest BCUT2D eigenvalue weighted by Gasteiger charge is -2.37. The molecular formula is C15H22N2O2S2. The molecule has 1 aromatic rings. The van der Waals surface area contributed by atoms with Crippen molar-refractivity contribution in [1.82, 2.24) is 9.29 Å². The van der Waals surface area contributed by atoms with E-state index in [4.69, 9.17) is 0 Å². The third-order valence-corrected chi connectivity index (χ3v) is 9.32. The van der Waals surface area contributed by atoms with Crippen LogP contribution in [0.5, 0.6) is 0 Å². The monoisotopic (exact) mass is 326 g/mol. The van der Waals surface area contributed by atoms with Crippen molar-refractivity contribution in [2.75, 3.05) is 5.75 Å². The van der Waals surface area contributed by atoms with Gasteiger partial charge in [-0.2, -0.15) is 4.31 Å². The molecule has 21 heavy (non-hydrogen) atoms. The molecule has 2 aliphatic carbocycles. The van der Waals surface area contributed by atoms with E-state index >= 15 is 0 Å². The van der Waals surface area contributed by atoms with Gasteiger partial charge in [0.2, 0.25) is 10.0 Å². The molecule has 0 N–H and O–H groups in total. The molecule has 1 spiro atoms. The van der Waals surface area contributed by atoms with Crippen LogP contribution >= 0.6 is 11.3 Å². The Bertz CT molecular complexity index is 694. The first-order valence-corrected chi connectivity index (χ1v) is 10.2. The van der Waals surface area contributed by atoms with Gasteiger partial charge in [0.15, 0.2) is 0 Å². The van der Waals surface area contributed by atoms with Crippen molar-refractivity contribution < 1.29 is 8.42 Å². The molecule has 116 valence electrons. The molecule has 3 fully saturated rings. The number of hydrogen-bond acceptors (Lipinski definition) is 4. The van der Waals surface area contributed by atoms with Crippen LogP contribution in [0.25, 0.3) is 0 Å². The van der Waals surface area contributed by atoms with Crippen LogP contribution in [0.15, 0.2) is 5.38 Å². The smallest absolute Gasteiger partial charge is 0.215 e. The summed E-state index contributed by atoms with van der Waals surface area (Å²) in [5, 5.41) is 3.00. The Morgan fingerprint density at radius 3 is 2.86 bits per heavy atom. The maximum atomic E-state index is 12.8. The van der Waals surface area contributed by atoms with Crippen LogP contribution in [-0.2, 0) is 16.6 Å². The lowest BCUT2D eigenvalue weighted by Crippen LogP contribution is -2.41. The summed E-state index contributed by atoms with van der Waals surface area (Å²) in [5.41, 5.74) is 1.03. The number of fused-ring (bicyclic) bond motifs is 1. The Hall–Kier alpha value is -0.460. The molecule has 2 saturated carbocycles. The molecule has 4 nitrogen and oxygen atoms in total. The number of aromatic nitrogens is 1. The maximum absolute atomic E-state index is 12.8. The van der Waals surface area contributed by atoms with Gasteiger partial charge in [-0.25, -0.2) is 13.4 Å². The van der Waals surface area contributed by atoms with Crippen molar-refractivity contribution in [3.63, 3.8) is 0 Å². The van der Waals surface area contributed by atoms with Gasteiger partial charge >= 0.3 is 0 Å². The van der Waals surface area contributed by atoms with E-state index in [1.54, 1.807) is 15.6 Å². The van der Waals surface area contributed by atoms with Crippen molar-refractivity contribution in [3.05, 3.63) is 16.1 Å². The Kier molecular flexibility index (Phi) is 2.75. The van der Waals surface area contributed by atoms with Gasteiger partial charge in [-0.1, -0.05) is 13.8 Å². The van der Waals surface area contributed by atoms with Crippen LogP contribution in [0.2, 0.25) is 0 Å². The van der Waals surface area contributed by atoms with Gasteiger partial charge in [-0.15, -0.1) is 11.3 Å². The Balaban J connectivity index is 1.72. The van der Waals surface area contributed by atoms with E-state index in [9.17, 15) is 8.42 Å². The highest BCUT2D eigenvalue weighted by molar-refractivity contribution is 7.89. The molecule has 3 atom stereocenters. The summed E-state index contributed by atoms with van der Waals surface area (Å²) >= 11 is 1.59. The zero-order chi connectivity index (χ0) is 15.0. The van der Waals surface area contributed by atoms with Crippen molar-refractivity contribution in [1.29, 1.82) is 0 Å². The summed E-state index contributed by atoms with van der Waals surface area (Å²) in [6, 6.07) is 0.193. The summed E-state index contributed by atoms with van der Waals surface area (Å²) in [4.78, 5) is 4.46. The molecule has 0 aromatic carbocycles. The van der Waals surface area contributed by atoms with Crippen LogP contribution in [-0.4, -0.2) is 29.5 Å². The topological polar surface area (TPSA) is 50.3 Å². The van der Waals surface area contributed by atoms with Gasteiger partial charge in [0.25, 0.3) is 0 Å². The van der Waals surface area contributed by atoms with Crippen molar-refractivity contribution in [2.45, 2.75) is 52.6 Å². The number of sulfonamides is 1. The second-order valence-corrected chi connectivity index (χ2v) is 10.5. The number of nitrogens with zero attached hydrogens (tertiary/aromatic N) is 2. The van der Waals surface area contributed by atoms with E-state index in [-0.39, 0.29) is 16.9 Å². The molecule has 0 amide bonds. The zero-order valence-electron chi connectivity index (χ0n) is 12.8. The third kappa shape index (κ3) is 1.70. The van der Waals surface area contributed by atoms with Gasteiger partial charge in [0.1, 0.15) is 0 Å². The van der Waals surface area contributed by atoms with E-state index in [1.165, 1.54) is 6.42 Å². The Morgan fingerprint density at radius 2 is 2.24 bits per heavy atom. The molecule has 1 unspecified atom stereocenters. The van der Waals surface area contributed by atoms with Crippen molar-refractivity contribution in [2.24, 2.45) is 16.7 Å². The number of rotatable bonds is 2. The zero-order valence-corrected chi connectivity index (χ0v) is 14.4. The summed E-state index contributed by atoms with van der Waals surface area (Å²) in [7, 11) is -3.15. The van der Waals surface area contributed by atoms with E-state index in [2.05, 4.69) is 18.8 Å². The first-order chi connectivity index (χ1) is 9.76. The molecule has 0 radical (unpaired) electrons. The Labute approximate surface area is 130 Å². The van der Waals surface area contributed by atoms with Crippen LogP contribution in [0, 0.1) is 23.7 Å². The Morgan fingerprint density at radius 1 is 1.48 bits per heavy atom. The van der Waals surface area contributed by atoms with Crippen molar-refractivity contribution in [3.8, 4) is 0 Å². The predicted octanol–water partition coefficient (Wildman–Crippen LogP) is 2.79. The van der Waals surface area contributed by atoms with Gasteiger partial charge in [-0.3, -0.25) is 0 Å². The fraction of sp³-hybridized carbons (Fsp3) is 0.800. The lowest BCUT2D eigenvalue weighted by atomic mass is 9.69. The van der Waals surface area contributed by atoms with E-state index < -0.39 is 10.0 Å². The van der Waals surface area contributed by atoms with Gasteiger partial charge in [0.05, 0.1) is 23.0 Å². The summed E-state index contributed by atoms with van der Waals surface area (Å²) in [6.45, 7) is 7.00. The average molecular weight is 326 g/mol. The maximum Gasteiger partial charge on any atom is 0.215 e. The minimum absolute atomic E-state index is 0.0262. The molecule has 1 saturated heterocycles. The van der Waals surface area contributed by atoms with E-state index in [0.717, 1.165) is 23.5 Å². The minimum atomic E-state index is -3.15. The van der Waals surface area contributed by atoms with Crippen molar-refractivity contribution >= 4 is 21.4 Å². The van der Waals surface area contributed by atoms with Crippen LogP contribution in [0.3, 0.4) is 0 Å². The van der Waals surface area contributed by atoms with Crippen LogP contribution < -0.4 is 0 Å². The predicted molar refractivity (Wildman–Crippen MR) is 83.5 cm³/mol. The third-order valence-electron chi connectivity index (χ3n) is 6.52. The average Bonchev–Trinajstić information content (AvgIpc) is 3.01. The van der Waals surface area contributed by atoms with Gasteiger partial charge in [-0.05, 0) is 37.5 Å². The SMILES string of the molecule is Cc1nc(CN2[C@H]3C[C@H]4CCC3(CS2(=O)=O)C4(C)C)cs1. The molecule has 2 bridgehead atoms. The summed E-state index contributed by atoms with van der Waals surface area (Å²) in [6.07, 6.45) is 3.30. The first kappa shape index (κ1) is 14.2. The van der Waals surface area contributed by atoms with Crippen LogP contribution in [0.4, 0.5) is 0 Å². The second kappa shape index (κ2) is 4.09. The van der Waals surface area contributed by atoms with Gasteiger partial charge < -0.3 is 0 Å². The molecule has 6 heteroatoms. The number of hydrogen-bond donors (Lipinski definition) is 0. The lowest BCUT2D eigenvalue weighted by molar-refractivity contribution is 0.112. The van der Waals surface area contributed by atoms with Crippen LogP contribution in [0.1, 0.15) is 43.8 Å². The molecule has 3 aliphatic rings. The molecule has 1 aromatic heterocycles. The molecule has 4 rings (SSSR count). The fourth-order valence-electron chi connectivity index (χ4n) is 5.22. The normalized spacial score (nSPS) is 39.8. The molecular weight excluding hydrogens is 304 g/mol. The second-order valence-electron chi connectivity index (χ2n) is 7.52. The largest absolute Gasteiger partial charge is 0.245 e. The number of thiazole rings is 1. The standard InChI is InChI=1S/C15H22N2O2S2/c1-10-16-12(8-20-10)7-17-13-6-11-4-5-15(13,14(11,2)3)9-21(17,18)19/h8,11,13H,4-7,9H2,1-3H3/t11-,13+,15?/m1/s1. The highest BCUT2D eigenvalue weighted by atomic mass is 32.2. The highest BCUT2D eigenvalue weighted by Crippen LogP contribution is 2.70. The fourth-order valence-corrected chi connectivity index (χ4v) is 8.36. The first-order valence-electron chi connectivity index (χ1n) is 7.67. The van der Waals surface area contributed by atoms with Gasteiger partial charge in [0, 0.05) is 16.8 Å². The minimum Gasteiger partial charge on any atom is -0.245 e. The van der Waals surface area contributed by atoms with E-state index in [1.807, 2.05) is 12.3 Å². The quantitative estimate of drug-likeness (QED) is 0.840.